The number of hydrogen-bond donors (Lipinski definition) is 2. The van der Waals surface area contributed by atoms with Crippen molar-refractivity contribution in [2.24, 2.45) is 10.8 Å². The van der Waals surface area contributed by atoms with E-state index < -0.39 is 11.6 Å². The minimum atomic E-state index is -1.14. The predicted molar refractivity (Wildman–Crippen MR) is 179 cm³/mol. The molecule has 0 aromatic rings. The standard InChI is InChI=1S/C39H50O7/c1-26(17-18-33-35(4,5)24-32(44-28(3)40)25-37(33,8)43)13-10-11-16-31-21-29(34(42)45-31)15-12-14-27(2)19-20-39-36(6,7)22-30(41)23-38(39,9)46-39/h10-17,19-21,30,32,41,43H,22-25H2,1-9H3/b11-10+,15-12+,20-19+,26-13+,27-14+,31-16+/t18?,30-,32-,37+,38+,39-/m0/s1. The van der Waals surface area contributed by atoms with Crippen LogP contribution in [0, 0.1) is 10.8 Å². The summed E-state index contributed by atoms with van der Waals surface area (Å²) in [5.74, 6) is -0.287. The number of fused-ring (bicyclic) bond motifs is 1. The lowest BCUT2D eigenvalue weighted by Gasteiger charge is -2.44. The molecule has 2 aliphatic heterocycles. The molecule has 2 N–H and O–H groups in total. The zero-order chi connectivity index (χ0) is 34.1. The molecule has 7 nitrogen and oxygen atoms in total. The van der Waals surface area contributed by atoms with Crippen LogP contribution in [0.25, 0.3) is 0 Å². The Morgan fingerprint density at radius 1 is 0.978 bits per heavy atom. The van der Waals surface area contributed by atoms with Crippen molar-refractivity contribution in [3.8, 4) is 0 Å². The Labute approximate surface area is 274 Å². The van der Waals surface area contributed by atoms with Crippen LogP contribution in [-0.2, 0) is 23.8 Å². The lowest BCUT2D eigenvalue weighted by atomic mass is 9.63. The fourth-order valence-electron chi connectivity index (χ4n) is 7.57. The van der Waals surface area contributed by atoms with Gasteiger partial charge in [-0.1, -0.05) is 69.7 Å². The Bertz CT molecular complexity index is 1510. The summed E-state index contributed by atoms with van der Waals surface area (Å²) in [5, 5.41) is 21.4. The Morgan fingerprint density at radius 2 is 1.67 bits per heavy atom. The monoisotopic (exact) mass is 630 g/mol. The Morgan fingerprint density at radius 3 is 2.33 bits per heavy atom. The number of carbonyl (C=O) groups is 2. The number of cyclic esters (lactones) is 1. The second kappa shape index (κ2) is 13.0. The largest absolute Gasteiger partial charge is 0.462 e. The lowest BCUT2D eigenvalue weighted by Crippen LogP contribution is -2.46. The van der Waals surface area contributed by atoms with Gasteiger partial charge in [0.05, 0.1) is 17.3 Å². The van der Waals surface area contributed by atoms with E-state index in [2.05, 4.69) is 32.6 Å². The first-order chi connectivity index (χ1) is 21.3. The summed E-state index contributed by atoms with van der Waals surface area (Å²) in [6.07, 6.45) is 22.1. The number of aliphatic hydroxyl groups is 2. The summed E-state index contributed by atoms with van der Waals surface area (Å²) in [6, 6.07) is 0. The van der Waals surface area contributed by atoms with Gasteiger partial charge in [0.15, 0.2) is 0 Å². The Hall–Kier alpha value is -3.48. The summed E-state index contributed by atoms with van der Waals surface area (Å²) in [5.41, 5.74) is 4.07. The molecule has 2 heterocycles. The van der Waals surface area contributed by atoms with Gasteiger partial charge >= 0.3 is 11.9 Å². The number of allylic oxidation sites excluding steroid dienone is 10. The van der Waals surface area contributed by atoms with Crippen molar-refractivity contribution in [1.82, 2.24) is 0 Å². The summed E-state index contributed by atoms with van der Waals surface area (Å²) in [7, 11) is 0. The number of ether oxygens (including phenoxy) is 3. The Balaban J connectivity index is 1.37. The van der Waals surface area contributed by atoms with Gasteiger partial charge in [-0.25, -0.2) is 4.79 Å². The van der Waals surface area contributed by atoms with E-state index in [0.29, 0.717) is 37.0 Å². The smallest absolute Gasteiger partial charge is 0.343 e. The van der Waals surface area contributed by atoms with Crippen molar-refractivity contribution >= 4 is 11.9 Å². The minimum Gasteiger partial charge on any atom is -0.462 e. The third-order valence-electron chi connectivity index (χ3n) is 9.55. The molecule has 2 saturated carbocycles. The highest BCUT2D eigenvalue weighted by Gasteiger charge is 2.74. The minimum absolute atomic E-state index is 0.169. The van der Waals surface area contributed by atoms with Crippen LogP contribution in [0.4, 0.5) is 0 Å². The maximum atomic E-state index is 12.4. The van der Waals surface area contributed by atoms with E-state index in [1.165, 1.54) is 6.92 Å². The molecule has 0 bridgehead atoms. The molecule has 4 rings (SSSR count). The van der Waals surface area contributed by atoms with Crippen molar-refractivity contribution in [3.63, 3.8) is 0 Å². The molecule has 0 aromatic heterocycles. The van der Waals surface area contributed by atoms with Gasteiger partial charge in [-0.05, 0) is 81.9 Å². The van der Waals surface area contributed by atoms with E-state index in [0.717, 1.165) is 16.7 Å². The second-order valence-electron chi connectivity index (χ2n) is 14.9. The fourth-order valence-corrected chi connectivity index (χ4v) is 7.57. The van der Waals surface area contributed by atoms with Crippen LogP contribution < -0.4 is 0 Å². The molecule has 7 heteroatoms. The van der Waals surface area contributed by atoms with Crippen LogP contribution in [0.1, 0.15) is 88.0 Å². The molecule has 0 spiro atoms. The van der Waals surface area contributed by atoms with Crippen LogP contribution in [0.15, 0.2) is 101 Å². The number of epoxide rings is 1. The van der Waals surface area contributed by atoms with Crippen LogP contribution in [0.5, 0.6) is 0 Å². The highest BCUT2D eigenvalue weighted by atomic mass is 16.6. The average molecular weight is 631 g/mol. The zero-order valence-corrected chi connectivity index (χ0v) is 28.8. The lowest BCUT2D eigenvalue weighted by molar-refractivity contribution is -0.152. The van der Waals surface area contributed by atoms with Crippen LogP contribution in [0.2, 0.25) is 0 Å². The van der Waals surface area contributed by atoms with Crippen molar-refractivity contribution in [2.45, 2.75) is 117 Å². The molecular weight excluding hydrogens is 580 g/mol. The highest BCUT2D eigenvalue weighted by molar-refractivity contribution is 5.95. The topological polar surface area (TPSA) is 106 Å². The summed E-state index contributed by atoms with van der Waals surface area (Å²) in [6.45, 7) is 17.5. The van der Waals surface area contributed by atoms with Crippen molar-refractivity contribution in [3.05, 3.63) is 101 Å². The molecule has 3 fully saturated rings. The molecule has 248 valence electrons. The first-order valence-corrected chi connectivity index (χ1v) is 16.1. The van der Waals surface area contributed by atoms with Gasteiger partial charge in [-0.3, -0.25) is 4.79 Å². The molecule has 46 heavy (non-hydrogen) atoms. The van der Waals surface area contributed by atoms with E-state index in [1.54, 1.807) is 31.2 Å². The van der Waals surface area contributed by atoms with Crippen LogP contribution in [0.3, 0.4) is 0 Å². The number of hydrogen-bond acceptors (Lipinski definition) is 7. The maximum Gasteiger partial charge on any atom is 0.343 e. The molecule has 2 aliphatic carbocycles. The number of rotatable bonds is 8. The van der Waals surface area contributed by atoms with Crippen LogP contribution in [-0.4, -0.2) is 51.2 Å². The molecule has 5 atom stereocenters. The third kappa shape index (κ3) is 7.72. The van der Waals surface area contributed by atoms with E-state index >= 15 is 0 Å². The molecule has 1 saturated heterocycles. The van der Waals surface area contributed by atoms with E-state index in [4.69, 9.17) is 14.2 Å². The summed E-state index contributed by atoms with van der Waals surface area (Å²) < 4.78 is 17.0. The fraction of sp³-hybridized carbons (Fsp3) is 0.513. The first kappa shape index (κ1) is 35.4. The normalized spacial score (nSPS) is 34.9. The first-order valence-electron chi connectivity index (χ1n) is 16.1. The second-order valence-corrected chi connectivity index (χ2v) is 14.9. The quantitative estimate of drug-likeness (QED) is 0.126. The highest BCUT2D eigenvalue weighted by Crippen LogP contribution is 2.66. The predicted octanol–water partition coefficient (Wildman–Crippen LogP) is 7.21. The molecule has 4 aliphatic rings. The van der Waals surface area contributed by atoms with Crippen molar-refractivity contribution in [2.75, 3.05) is 0 Å². The maximum absolute atomic E-state index is 12.4. The van der Waals surface area contributed by atoms with Crippen LogP contribution >= 0.6 is 0 Å². The van der Waals surface area contributed by atoms with Gasteiger partial charge in [0.2, 0.25) is 0 Å². The molecule has 0 radical (unpaired) electrons. The van der Waals surface area contributed by atoms with Gasteiger partial charge in [0, 0.05) is 30.8 Å². The van der Waals surface area contributed by atoms with Gasteiger partial charge in [-0.15, -0.1) is 5.73 Å². The summed E-state index contributed by atoms with van der Waals surface area (Å²) >= 11 is 0. The van der Waals surface area contributed by atoms with Gasteiger partial charge < -0.3 is 24.4 Å². The number of carbonyl (C=O) groups excluding carboxylic acids is 2. The Kier molecular flexibility index (Phi) is 9.97. The van der Waals surface area contributed by atoms with E-state index in [1.807, 2.05) is 64.2 Å². The zero-order valence-electron chi connectivity index (χ0n) is 28.8. The van der Waals surface area contributed by atoms with Crippen molar-refractivity contribution in [1.29, 1.82) is 0 Å². The molecule has 0 amide bonds. The number of esters is 2. The van der Waals surface area contributed by atoms with Gasteiger partial charge in [0.25, 0.3) is 0 Å². The van der Waals surface area contributed by atoms with Crippen molar-refractivity contribution < 1.29 is 34.0 Å². The summed E-state index contributed by atoms with van der Waals surface area (Å²) in [4.78, 5) is 23.8. The van der Waals surface area contributed by atoms with Gasteiger partial charge in [0.1, 0.15) is 23.1 Å². The van der Waals surface area contributed by atoms with E-state index in [9.17, 15) is 19.8 Å². The molecular formula is C39H50O7. The third-order valence-corrected chi connectivity index (χ3v) is 9.55. The SMILES string of the molecule is CC(=O)O[C@H]1CC(C)(C)C(=C=C/C(C)=C/C=C/C=C2C=C(/C=C/C=C(C)/C=C/[C@@]34O[C@]3(C)C[C@@H](O)CC4(C)C)C(=O)O\2)[C@](C)(O)C1. The molecule has 0 unspecified atom stereocenters. The number of aliphatic hydroxyl groups excluding tert-OH is 1. The average Bonchev–Trinajstić information content (AvgIpc) is 3.37. The van der Waals surface area contributed by atoms with Gasteiger partial charge in [-0.2, -0.15) is 0 Å². The van der Waals surface area contributed by atoms with E-state index in [-0.39, 0.29) is 40.2 Å². The molecule has 0 aromatic carbocycles.